The Kier molecular flexibility index (Phi) is 5.15. The summed E-state index contributed by atoms with van der Waals surface area (Å²) in [5, 5.41) is 13.5. The van der Waals surface area contributed by atoms with Crippen LogP contribution >= 0.6 is 0 Å². The van der Waals surface area contributed by atoms with Crippen molar-refractivity contribution in [1.29, 1.82) is 0 Å². The summed E-state index contributed by atoms with van der Waals surface area (Å²) in [7, 11) is 4.10. The Balaban J connectivity index is 1.47. The van der Waals surface area contributed by atoms with Crippen molar-refractivity contribution in [3.63, 3.8) is 0 Å². The maximum Gasteiger partial charge on any atom is 0.137 e. The number of aliphatic hydroxyl groups is 1. The Bertz CT molecular complexity index is 955. The topological polar surface area (TPSA) is 81.8 Å². The lowest BCUT2D eigenvalue weighted by Crippen LogP contribution is -2.38. The summed E-state index contributed by atoms with van der Waals surface area (Å²) < 4.78 is 2.04. The van der Waals surface area contributed by atoms with Gasteiger partial charge in [-0.1, -0.05) is 6.07 Å². The number of β-amino-alcohol motifs (C(OH)–C–C–N with tert-alkyl or cyclic N) is 1. The molecule has 3 aromatic rings. The summed E-state index contributed by atoms with van der Waals surface area (Å²) >= 11 is 0. The first kappa shape index (κ1) is 18.6. The lowest BCUT2D eigenvalue weighted by molar-refractivity contribution is 0.191. The van der Waals surface area contributed by atoms with E-state index in [4.69, 9.17) is 0 Å². The number of likely N-dealkylation sites (N-methyl/N-ethyl adjacent to an activating group) is 1. The second-order valence-corrected chi connectivity index (χ2v) is 7.78. The van der Waals surface area contributed by atoms with Gasteiger partial charge in [-0.3, -0.25) is 0 Å². The maximum absolute atomic E-state index is 10.1. The molecule has 0 amide bonds. The summed E-state index contributed by atoms with van der Waals surface area (Å²) in [5.41, 5.74) is 3.08. The summed E-state index contributed by atoms with van der Waals surface area (Å²) in [6.07, 6.45) is 6.10. The smallest absolute Gasteiger partial charge is 0.137 e. The fraction of sp³-hybridized carbons (Fsp3) is 0.450. The molecular weight excluding hydrogens is 354 g/mol. The van der Waals surface area contributed by atoms with E-state index in [2.05, 4.69) is 49.3 Å². The molecule has 4 heterocycles. The van der Waals surface area contributed by atoms with Crippen molar-refractivity contribution in [2.75, 3.05) is 37.4 Å². The van der Waals surface area contributed by atoms with E-state index in [1.165, 1.54) is 5.56 Å². The molecule has 0 radical (unpaired) electrons. The van der Waals surface area contributed by atoms with E-state index in [0.29, 0.717) is 13.1 Å². The van der Waals surface area contributed by atoms with Crippen LogP contribution in [0.4, 0.5) is 11.6 Å². The zero-order valence-corrected chi connectivity index (χ0v) is 16.6. The number of rotatable bonds is 6. The highest BCUT2D eigenvalue weighted by molar-refractivity contribution is 5.50. The van der Waals surface area contributed by atoms with Crippen LogP contribution in [0.25, 0.3) is 5.65 Å². The van der Waals surface area contributed by atoms with Crippen LogP contribution in [-0.2, 0) is 6.54 Å². The van der Waals surface area contributed by atoms with Crippen molar-refractivity contribution >= 4 is 17.3 Å². The van der Waals surface area contributed by atoms with Crippen LogP contribution in [0, 0.1) is 6.92 Å². The van der Waals surface area contributed by atoms with Gasteiger partial charge in [-0.15, -0.1) is 0 Å². The molecule has 148 valence electrons. The summed E-state index contributed by atoms with van der Waals surface area (Å²) in [5.74, 6) is 1.59. The average Bonchev–Trinajstić information content (AvgIpc) is 3.22. The molecule has 1 aliphatic heterocycles. The van der Waals surface area contributed by atoms with E-state index in [1.807, 2.05) is 36.8 Å². The third-order valence-corrected chi connectivity index (χ3v) is 5.01. The van der Waals surface area contributed by atoms with Crippen LogP contribution < -0.4 is 10.2 Å². The minimum Gasteiger partial charge on any atom is -0.391 e. The van der Waals surface area contributed by atoms with Crippen LogP contribution in [0.5, 0.6) is 0 Å². The van der Waals surface area contributed by atoms with Crippen LogP contribution in [0.1, 0.15) is 17.7 Å². The Labute approximate surface area is 164 Å². The molecule has 8 heteroatoms. The van der Waals surface area contributed by atoms with Crippen LogP contribution in [0.15, 0.2) is 36.9 Å². The number of aromatic nitrogens is 4. The van der Waals surface area contributed by atoms with Crippen LogP contribution in [-0.4, -0.2) is 68.7 Å². The minimum absolute atomic E-state index is 0.245. The first-order chi connectivity index (χ1) is 13.5. The fourth-order valence-corrected chi connectivity index (χ4v) is 3.79. The lowest BCUT2D eigenvalue weighted by atomic mass is 10.2. The zero-order valence-electron chi connectivity index (χ0n) is 16.6. The number of nitrogens with one attached hydrogen (secondary N) is 1. The third kappa shape index (κ3) is 4.07. The number of pyridine rings is 1. The number of fused-ring (bicyclic) bond motifs is 1. The van der Waals surface area contributed by atoms with Gasteiger partial charge in [0.25, 0.3) is 0 Å². The van der Waals surface area contributed by atoms with Crippen molar-refractivity contribution in [3.8, 4) is 0 Å². The predicted molar refractivity (Wildman–Crippen MR) is 110 cm³/mol. The largest absolute Gasteiger partial charge is 0.391 e. The number of nitrogens with zero attached hydrogens (tertiary/aromatic N) is 6. The number of aliphatic hydroxyl groups excluding tert-OH is 1. The molecule has 0 aromatic carbocycles. The Hall–Kier alpha value is -2.71. The number of anilines is 2. The molecule has 0 spiro atoms. The van der Waals surface area contributed by atoms with Gasteiger partial charge >= 0.3 is 0 Å². The normalized spacial score (nSPS) is 19.7. The molecule has 0 saturated carbocycles. The summed E-state index contributed by atoms with van der Waals surface area (Å²) in [4.78, 5) is 17.7. The first-order valence-electron chi connectivity index (χ1n) is 9.57. The summed E-state index contributed by atoms with van der Waals surface area (Å²) in [6.45, 7) is 4.13. The molecule has 1 fully saturated rings. The van der Waals surface area contributed by atoms with E-state index in [-0.39, 0.29) is 12.1 Å². The highest BCUT2D eigenvalue weighted by Crippen LogP contribution is 2.25. The molecule has 2 atom stereocenters. The highest BCUT2D eigenvalue weighted by Gasteiger charge is 2.32. The van der Waals surface area contributed by atoms with E-state index in [0.717, 1.165) is 35.9 Å². The fourth-order valence-electron chi connectivity index (χ4n) is 3.79. The van der Waals surface area contributed by atoms with Gasteiger partial charge in [-0.25, -0.2) is 15.0 Å². The van der Waals surface area contributed by atoms with E-state index < -0.39 is 0 Å². The van der Waals surface area contributed by atoms with Crippen molar-refractivity contribution in [1.82, 2.24) is 24.3 Å². The standard InChI is InChI=1S/C20H27N7O/c1-14-4-5-19-24-15(10-26(19)9-14)8-21-18-7-20(23-13-22-18)27-12-17(28)6-16(27)11-25(2)3/h4-5,7,9-10,13,16-17,28H,6,8,11-12H2,1-3H3,(H,21,22,23)/t16-,17-/m1/s1. The van der Waals surface area contributed by atoms with Gasteiger partial charge < -0.3 is 24.6 Å². The van der Waals surface area contributed by atoms with Gasteiger partial charge in [0, 0.05) is 37.6 Å². The Morgan fingerprint density at radius 1 is 1.25 bits per heavy atom. The Morgan fingerprint density at radius 2 is 2.11 bits per heavy atom. The van der Waals surface area contributed by atoms with Crippen molar-refractivity contribution < 1.29 is 5.11 Å². The first-order valence-corrected chi connectivity index (χ1v) is 9.57. The molecular formula is C20H27N7O. The zero-order chi connectivity index (χ0) is 19.7. The number of hydrogen-bond donors (Lipinski definition) is 2. The molecule has 4 rings (SSSR count). The SMILES string of the molecule is Cc1ccc2nc(CNc3cc(N4C[C@H](O)C[C@@H]4CN(C)C)ncn3)cn2c1. The van der Waals surface area contributed by atoms with E-state index >= 15 is 0 Å². The second-order valence-electron chi connectivity index (χ2n) is 7.78. The highest BCUT2D eigenvalue weighted by atomic mass is 16.3. The summed E-state index contributed by atoms with van der Waals surface area (Å²) in [6, 6.07) is 6.27. The van der Waals surface area contributed by atoms with Gasteiger partial charge in [0.2, 0.25) is 0 Å². The van der Waals surface area contributed by atoms with Gasteiger partial charge in [-0.05, 0) is 39.1 Å². The van der Waals surface area contributed by atoms with Crippen molar-refractivity contribution in [2.45, 2.75) is 32.0 Å². The molecule has 1 saturated heterocycles. The Morgan fingerprint density at radius 3 is 2.93 bits per heavy atom. The quantitative estimate of drug-likeness (QED) is 0.670. The lowest BCUT2D eigenvalue weighted by Gasteiger charge is -2.27. The molecule has 3 aromatic heterocycles. The molecule has 28 heavy (non-hydrogen) atoms. The van der Waals surface area contributed by atoms with Crippen LogP contribution in [0.2, 0.25) is 0 Å². The van der Waals surface area contributed by atoms with Crippen molar-refractivity contribution in [3.05, 3.63) is 48.2 Å². The maximum atomic E-state index is 10.1. The molecule has 0 aliphatic carbocycles. The molecule has 0 unspecified atom stereocenters. The van der Waals surface area contributed by atoms with E-state index in [1.54, 1.807) is 6.33 Å². The van der Waals surface area contributed by atoms with Crippen molar-refractivity contribution in [2.24, 2.45) is 0 Å². The third-order valence-electron chi connectivity index (χ3n) is 5.01. The van der Waals surface area contributed by atoms with Gasteiger partial charge in [0.05, 0.1) is 18.3 Å². The number of aryl methyl sites for hydroxylation is 1. The molecule has 2 N–H and O–H groups in total. The average molecular weight is 381 g/mol. The molecule has 1 aliphatic rings. The number of hydrogen-bond acceptors (Lipinski definition) is 7. The minimum atomic E-state index is -0.322. The monoisotopic (exact) mass is 381 g/mol. The molecule has 8 nitrogen and oxygen atoms in total. The molecule has 0 bridgehead atoms. The van der Waals surface area contributed by atoms with E-state index in [9.17, 15) is 5.11 Å². The van der Waals surface area contributed by atoms with Gasteiger partial charge in [0.15, 0.2) is 0 Å². The second kappa shape index (κ2) is 7.73. The van der Waals surface area contributed by atoms with Gasteiger partial charge in [0.1, 0.15) is 23.6 Å². The number of imidazole rings is 1. The predicted octanol–water partition coefficient (Wildman–Crippen LogP) is 1.55. The van der Waals surface area contributed by atoms with Gasteiger partial charge in [-0.2, -0.15) is 0 Å². The van der Waals surface area contributed by atoms with Crippen LogP contribution in [0.3, 0.4) is 0 Å².